The molecule has 0 aliphatic heterocycles. The average molecular weight is 415 g/mol. The zero-order chi connectivity index (χ0) is 15.6. The summed E-state index contributed by atoms with van der Waals surface area (Å²) in [6, 6.07) is 6.39. The maximum absolute atomic E-state index is 4.57. The van der Waals surface area contributed by atoms with Gasteiger partial charge in [0.15, 0.2) is 0 Å². The van der Waals surface area contributed by atoms with Crippen LogP contribution in [0.2, 0.25) is 0 Å². The van der Waals surface area contributed by atoms with Crippen LogP contribution in [0.4, 0.5) is 0 Å². The Morgan fingerprint density at radius 2 is 1.95 bits per heavy atom. The normalized spacial score (nSPS) is 11.4. The lowest BCUT2D eigenvalue weighted by Gasteiger charge is -2.11. The van der Waals surface area contributed by atoms with Crippen molar-refractivity contribution in [3.05, 3.63) is 44.1 Å². The third kappa shape index (κ3) is 3.96. The van der Waals surface area contributed by atoms with E-state index in [9.17, 15) is 0 Å². The van der Waals surface area contributed by atoms with Crippen molar-refractivity contribution in [2.75, 3.05) is 6.54 Å². The second kappa shape index (κ2) is 7.07. The van der Waals surface area contributed by atoms with Crippen LogP contribution in [0.15, 0.2) is 27.1 Å². The highest BCUT2D eigenvalue weighted by atomic mass is 79.9. The molecule has 0 bridgehead atoms. The standard InChI is InChI=1S/C16H21Br2N3/c1-10(2)8-19-9-13-5-6-14(7-15(13)17)21-12(4)16(18)11(3)20-21/h5-7,10,19H,8-9H2,1-4H3. The zero-order valence-corrected chi connectivity index (χ0v) is 16.0. The lowest BCUT2D eigenvalue weighted by Crippen LogP contribution is -2.19. The van der Waals surface area contributed by atoms with E-state index in [0.29, 0.717) is 5.92 Å². The van der Waals surface area contributed by atoms with Gasteiger partial charge in [-0.05, 0) is 59.9 Å². The van der Waals surface area contributed by atoms with Gasteiger partial charge >= 0.3 is 0 Å². The maximum Gasteiger partial charge on any atom is 0.0743 e. The summed E-state index contributed by atoms with van der Waals surface area (Å²) >= 11 is 7.24. The van der Waals surface area contributed by atoms with Crippen molar-refractivity contribution in [2.45, 2.75) is 34.2 Å². The predicted molar refractivity (Wildman–Crippen MR) is 95.0 cm³/mol. The SMILES string of the molecule is Cc1nn(-c2ccc(CNCC(C)C)c(Br)c2)c(C)c1Br. The van der Waals surface area contributed by atoms with Crippen LogP contribution in [-0.4, -0.2) is 16.3 Å². The fraction of sp³-hybridized carbons (Fsp3) is 0.438. The van der Waals surface area contributed by atoms with Crippen molar-refractivity contribution in [1.29, 1.82) is 0 Å². The Bertz CT molecular complexity index is 633. The largest absolute Gasteiger partial charge is 0.312 e. The summed E-state index contributed by atoms with van der Waals surface area (Å²) in [4.78, 5) is 0. The van der Waals surface area contributed by atoms with Crippen LogP contribution < -0.4 is 5.32 Å². The van der Waals surface area contributed by atoms with Gasteiger partial charge in [-0.25, -0.2) is 4.68 Å². The zero-order valence-electron chi connectivity index (χ0n) is 12.9. The molecule has 0 amide bonds. The third-order valence-electron chi connectivity index (χ3n) is 3.35. The van der Waals surface area contributed by atoms with Crippen molar-refractivity contribution in [3.63, 3.8) is 0 Å². The molecule has 0 spiro atoms. The van der Waals surface area contributed by atoms with E-state index in [-0.39, 0.29) is 0 Å². The first-order valence-corrected chi connectivity index (χ1v) is 8.70. The lowest BCUT2D eigenvalue weighted by molar-refractivity contribution is 0.552. The molecule has 1 aromatic heterocycles. The number of hydrogen-bond acceptors (Lipinski definition) is 2. The highest BCUT2D eigenvalue weighted by Gasteiger charge is 2.11. The first-order chi connectivity index (χ1) is 9.90. The van der Waals surface area contributed by atoms with Gasteiger partial charge in [0.2, 0.25) is 0 Å². The van der Waals surface area contributed by atoms with Crippen molar-refractivity contribution in [3.8, 4) is 5.69 Å². The topological polar surface area (TPSA) is 29.9 Å². The van der Waals surface area contributed by atoms with E-state index in [2.05, 4.69) is 81.2 Å². The fourth-order valence-electron chi connectivity index (χ4n) is 2.18. The summed E-state index contributed by atoms with van der Waals surface area (Å²) in [5, 5.41) is 8.04. The van der Waals surface area contributed by atoms with Gasteiger partial charge in [-0.1, -0.05) is 35.8 Å². The smallest absolute Gasteiger partial charge is 0.0743 e. The Labute approximate surface area is 143 Å². The molecule has 1 aromatic carbocycles. The summed E-state index contributed by atoms with van der Waals surface area (Å²) in [5.74, 6) is 0.662. The van der Waals surface area contributed by atoms with E-state index in [1.54, 1.807) is 0 Å². The quantitative estimate of drug-likeness (QED) is 0.764. The lowest BCUT2D eigenvalue weighted by atomic mass is 10.2. The van der Waals surface area contributed by atoms with Gasteiger partial charge in [0.1, 0.15) is 0 Å². The Morgan fingerprint density at radius 3 is 2.48 bits per heavy atom. The summed E-state index contributed by atoms with van der Waals surface area (Å²) in [6.45, 7) is 10.4. The van der Waals surface area contributed by atoms with Crippen LogP contribution in [0.25, 0.3) is 5.69 Å². The Morgan fingerprint density at radius 1 is 1.24 bits per heavy atom. The van der Waals surface area contributed by atoms with Crippen LogP contribution in [0.5, 0.6) is 0 Å². The molecule has 2 aromatic rings. The molecule has 5 heteroatoms. The number of hydrogen-bond donors (Lipinski definition) is 1. The molecule has 0 unspecified atom stereocenters. The molecule has 0 saturated heterocycles. The molecule has 3 nitrogen and oxygen atoms in total. The number of nitrogens with one attached hydrogen (secondary N) is 1. The number of halogens is 2. The van der Waals surface area contributed by atoms with Crippen LogP contribution in [-0.2, 0) is 6.54 Å². The van der Waals surface area contributed by atoms with E-state index in [0.717, 1.165) is 39.1 Å². The summed E-state index contributed by atoms with van der Waals surface area (Å²) in [7, 11) is 0. The molecule has 0 saturated carbocycles. The van der Waals surface area contributed by atoms with Crippen LogP contribution in [0.3, 0.4) is 0 Å². The number of benzene rings is 1. The number of rotatable bonds is 5. The molecular formula is C16H21Br2N3. The highest BCUT2D eigenvalue weighted by molar-refractivity contribution is 9.10. The molecule has 0 atom stereocenters. The van der Waals surface area contributed by atoms with E-state index >= 15 is 0 Å². The van der Waals surface area contributed by atoms with Gasteiger partial charge < -0.3 is 5.32 Å². The van der Waals surface area contributed by atoms with Crippen LogP contribution >= 0.6 is 31.9 Å². The van der Waals surface area contributed by atoms with Gasteiger partial charge in [0.05, 0.1) is 21.5 Å². The van der Waals surface area contributed by atoms with Gasteiger partial charge in [-0.15, -0.1) is 0 Å². The summed E-state index contributed by atoms with van der Waals surface area (Å²) in [5.41, 5.74) is 4.46. The van der Waals surface area contributed by atoms with Crippen LogP contribution in [0, 0.1) is 19.8 Å². The first-order valence-electron chi connectivity index (χ1n) is 7.11. The Kier molecular flexibility index (Phi) is 5.63. The minimum absolute atomic E-state index is 0.662. The third-order valence-corrected chi connectivity index (χ3v) is 5.24. The monoisotopic (exact) mass is 413 g/mol. The van der Waals surface area contributed by atoms with Gasteiger partial charge in [-0.3, -0.25) is 0 Å². The van der Waals surface area contributed by atoms with E-state index in [1.807, 2.05) is 11.6 Å². The first kappa shape index (κ1) is 16.7. The van der Waals surface area contributed by atoms with Crippen molar-refractivity contribution in [2.24, 2.45) is 5.92 Å². The van der Waals surface area contributed by atoms with Gasteiger partial charge in [-0.2, -0.15) is 5.10 Å². The molecule has 0 aliphatic rings. The van der Waals surface area contributed by atoms with E-state index < -0.39 is 0 Å². The molecule has 21 heavy (non-hydrogen) atoms. The molecule has 2 rings (SSSR count). The van der Waals surface area contributed by atoms with Crippen molar-refractivity contribution in [1.82, 2.24) is 15.1 Å². The molecular weight excluding hydrogens is 394 g/mol. The molecule has 1 N–H and O–H groups in total. The van der Waals surface area contributed by atoms with Crippen molar-refractivity contribution < 1.29 is 0 Å². The van der Waals surface area contributed by atoms with Crippen molar-refractivity contribution >= 4 is 31.9 Å². The van der Waals surface area contributed by atoms with Crippen LogP contribution in [0.1, 0.15) is 30.8 Å². The van der Waals surface area contributed by atoms with Gasteiger partial charge in [0, 0.05) is 11.0 Å². The summed E-state index contributed by atoms with van der Waals surface area (Å²) in [6.07, 6.45) is 0. The Balaban J connectivity index is 2.20. The minimum atomic E-state index is 0.662. The molecule has 0 aliphatic carbocycles. The second-order valence-electron chi connectivity index (χ2n) is 5.70. The number of aromatic nitrogens is 2. The summed E-state index contributed by atoms with van der Waals surface area (Å²) < 4.78 is 4.15. The van der Waals surface area contributed by atoms with E-state index in [1.165, 1.54) is 5.56 Å². The maximum atomic E-state index is 4.57. The van der Waals surface area contributed by atoms with Gasteiger partial charge in [0.25, 0.3) is 0 Å². The molecule has 0 fully saturated rings. The molecule has 1 heterocycles. The predicted octanol–water partition coefficient (Wildman–Crippen LogP) is 4.76. The fourth-order valence-corrected chi connectivity index (χ4v) is 2.94. The average Bonchev–Trinajstić information content (AvgIpc) is 2.68. The molecule has 114 valence electrons. The molecule has 0 radical (unpaired) electrons. The number of aryl methyl sites for hydroxylation is 1. The number of nitrogens with zero attached hydrogens (tertiary/aromatic N) is 2. The minimum Gasteiger partial charge on any atom is -0.312 e. The second-order valence-corrected chi connectivity index (χ2v) is 7.34. The Hall–Kier alpha value is -0.650. The highest BCUT2D eigenvalue weighted by Crippen LogP contribution is 2.26. The van der Waals surface area contributed by atoms with E-state index in [4.69, 9.17) is 0 Å².